The molecular formula is C18H37NO3. The Morgan fingerprint density at radius 2 is 1.77 bits per heavy atom. The van der Waals surface area contributed by atoms with Crippen LogP contribution in [0.5, 0.6) is 0 Å². The van der Waals surface area contributed by atoms with Gasteiger partial charge in [0.25, 0.3) is 0 Å². The highest BCUT2D eigenvalue weighted by molar-refractivity contribution is 5.71. The minimum atomic E-state index is -0.954. The van der Waals surface area contributed by atoms with Gasteiger partial charge in [-0.1, -0.05) is 33.6 Å². The number of carbonyl (C=O) groups excluding carboxylic acids is 1. The van der Waals surface area contributed by atoms with Crippen LogP contribution < -0.4 is 5.11 Å². The van der Waals surface area contributed by atoms with E-state index in [4.69, 9.17) is 0 Å². The molecule has 4 heteroatoms. The number of nitrogens with zero attached hydrogens (tertiary/aromatic N) is 1. The Balaban J connectivity index is 0.000000433. The van der Waals surface area contributed by atoms with Gasteiger partial charge in [0.1, 0.15) is 12.6 Å². The van der Waals surface area contributed by atoms with Gasteiger partial charge >= 0.3 is 0 Å². The van der Waals surface area contributed by atoms with E-state index in [0.717, 1.165) is 23.5 Å². The lowest BCUT2D eigenvalue weighted by Crippen LogP contribution is -2.52. The molecule has 0 aromatic carbocycles. The number of carboxylic acid groups (broad SMARTS) is 1. The van der Waals surface area contributed by atoms with Gasteiger partial charge in [0.15, 0.2) is 0 Å². The van der Waals surface area contributed by atoms with Crippen LogP contribution in [0.4, 0.5) is 0 Å². The predicted octanol–water partition coefficient (Wildman–Crippen LogP) is 2.34. The van der Waals surface area contributed by atoms with Crippen LogP contribution in [0.1, 0.15) is 72.6 Å². The second-order valence-electron chi connectivity index (χ2n) is 8.02. The highest BCUT2D eigenvalue weighted by atomic mass is 16.4. The molecule has 1 N–H and O–H groups in total. The number of hydrogen-bond donors (Lipinski definition) is 1. The first kappa shape index (κ1) is 21.4. The van der Waals surface area contributed by atoms with E-state index in [1.807, 2.05) is 13.8 Å². The van der Waals surface area contributed by atoms with Crippen LogP contribution in [0.15, 0.2) is 0 Å². The zero-order valence-electron chi connectivity index (χ0n) is 15.5. The van der Waals surface area contributed by atoms with Gasteiger partial charge in [0, 0.05) is 11.4 Å². The zero-order chi connectivity index (χ0) is 17.4. The van der Waals surface area contributed by atoms with E-state index in [2.05, 4.69) is 14.1 Å². The van der Waals surface area contributed by atoms with Crippen LogP contribution in [0.25, 0.3) is 0 Å². The molecular weight excluding hydrogens is 278 g/mol. The summed E-state index contributed by atoms with van der Waals surface area (Å²) in [5.74, 6) is -0.954. The average Bonchev–Trinajstić information content (AvgIpc) is 2.39. The topological polar surface area (TPSA) is 60.4 Å². The Hall–Kier alpha value is -0.610. The van der Waals surface area contributed by atoms with E-state index < -0.39 is 11.4 Å². The molecule has 0 amide bonds. The highest BCUT2D eigenvalue weighted by Gasteiger charge is 2.30. The molecule has 0 radical (unpaired) electrons. The Morgan fingerprint density at radius 3 is 2.09 bits per heavy atom. The SMILES string of the molecule is CC(O)C[N+](C)(C)C1CCCCC1.CCCC(C)(C)C(=O)[O-]. The van der Waals surface area contributed by atoms with E-state index in [0.29, 0.717) is 6.42 Å². The van der Waals surface area contributed by atoms with Crippen molar-refractivity contribution in [3.8, 4) is 0 Å². The molecule has 4 nitrogen and oxygen atoms in total. The average molecular weight is 315 g/mol. The second kappa shape index (κ2) is 9.51. The molecule has 0 spiro atoms. The van der Waals surface area contributed by atoms with Crippen molar-refractivity contribution in [1.82, 2.24) is 0 Å². The van der Waals surface area contributed by atoms with Gasteiger partial charge in [-0.25, -0.2) is 0 Å². The molecule has 0 aliphatic heterocycles. The lowest BCUT2D eigenvalue weighted by atomic mass is 9.88. The summed E-state index contributed by atoms with van der Waals surface area (Å²) < 4.78 is 0.998. The van der Waals surface area contributed by atoms with E-state index >= 15 is 0 Å². The van der Waals surface area contributed by atoms with Gasteiger partial charge in [0.05, 0.1) is 20.1 Å². The molecule has 1 aliphatic rings. The van der Waals surface area contributed by atoms with Crippen LogP contribution in [-0.2, 0) is 4.79 Å². The van der Waals surface area contributed by atoms with Crippen LogP contribution in [0.2, 0.25) is 0 Å². The smallest absolute Gasteiger partial charge is 0.104 e. The van der Waals surface area contributed by atoms with Gasteiger partial charge in [-0.2, -0.15) is 0 Å². The lowest BCUT2D eigenvalue weighted by Gasteiger charge is -2.40. The molecule has 22 heavy (non-hydrogen) atoms. The number of likely N-dealkylation sites (N-methyl/N-ethyl adjacent to an activating group) is 1. The van der Waals surface area contributed by atoms with Crippen molar-refractivity contribution >= 4 is 5.97 Å². The van der Waals surface area contributed by atoms with Gasteiger partial charge in [-0.05, 0) is 39.0 Å². The van der Waals surface area contributed by atoms with Crippen molar-refractivity contribution in [3.05, 3.63) is 0 Å². The van der Waals surface area contributed by atoms with E-state index in [1.165, 1.54) is 32.1 Å². The van der Waals surface area contributed by atoms with Gasteiger partial charge < -0.3 is 19.5 Å². The monoisotopic (exact) mass is 315 g/mol. The number of carboxylic acids is 1. The number of rotatable bonds is 6. The minimum Gasteiger partial charge on any atom is -0.550 e. The Bertz CT molecular complexity index is 318. The largest absolute Gasteiger partial charge is 0.550 e. The molecule has 1 fully saturated rings. The Morgan fingerprint density at radius 1 is 1.27 bits per heavy atom. The molecule has 1 atom stereocenters. The third kappa shape index (κ3) is 8.14. The fraction of sp³-hybridized carbons (Fsp3) is 0.944. The first-order chi connectivity index (χ1) is 10.0. The van der Waals surface area contributed by atoms with Crippen LogP contribution >= 0.6 is 0 Å². The summed E-state index contributed by atoms with van der Waals surface area (Å²) in [5, 5.41) is 19.7. The van der Waals surface area contributed by atoms with E-state index in [-0.39, 0.29) is 6.10 Å². The number of aliphatic hydroxyl groups is 1. The molecule has 132 valence electrons. The van der Waals surface area contributed by atoms with Gasteiger partial charge in [-0.3, -0.25) is 0 Å². The van der Waals surface area contributed by atoms with Crippen molar-refractivity contribution in [1.29, 1.82) is 0 Å². The first-order valence-electron chi connectivity index (χ1n) is 8.75. The number of quaternary nitrogens is 1. The summed E-state index contributed by atoms with van der Waals surface area (Å²) >= 11 is 0. The molecule has 0 aromatic heterocycles. The third-order valence-electron chi connectivity index (χ3n) is 4.73. The number of hydrogen-bond acceptors (Lipinski definition) is 3. The molecule has 0 heterocycles. The summed E-state index contributed by atoms with van der Waals surface area (Å²) in [5.41, 5.74) is -0.644. The summed E-state index contributed by atoms with van der Waals surface area (Å²) in [6.45, 7) is 8.12. The molecule has 1 aliphatic carbocycles. The van der Waals surface area contributed by atoms with E-state index in [1.54, 1.807) is 13.8 Å². The lowest BCUT2D eigenvalue weighted by molar-refractivity contribution is -0.919. The maximum Gasteiger partial charge on any atom is 0.104 e. The van der Waals surface area contributed by atoms with Crippen molar-refractivity contribution in [2.24, 2.45) is 5.41 Å². The second-order valence-corrected chi connectivity index (χ2v) is 8.02. The van der Waals surface area contributed by atoms with Gasteiger partial charge in [0.2, 0.25) is 0 Å². The molecule has 1 unspecified atom stereocenters. The minimum absolute atomic E-state index is 0.170. The van der Waals surface area contributed by atoms with Crippen LogP contribution in [-0.4, -0.2) is 48.3 Å². The predicted molar refractivity (Wildman–Crippen MR) is 89.2 cm³/mol. The molecule has 0 bridgehead atoms. The number of aliphatic carboxylic acids is 1. The standard InChI is InChI=1S/C11H24NO.C7H14O2/c1-10(13)9-12(2,3)11-7-5-4-6-8-11;1-4-5-7(2,3)6(8)9/h10-11,13H,4-9H2,1-3H3;4-5H2,1-3H3,(H,8,9)/q+1;/p-1. The van der Waals surface area contributed by atoms with Crippen molar-refractivity contribution in [2.45, 2.75) is 84.8 Å². The first-order valence-corrected chi connectivity index (χ1v) is 8.75. The fourth-order valence-corrected chi connectivity index (χ4v) is 3.34. The van der Waals surface area contributed by atoms with Crippen LogP contribution in [0, 0.1) is 5.41 Å². The number of aliphatic hydroxyl groups excluding tert-OH is 1. The molecule has 0 saturated heterocycles. The fourth-order valence-electron chi connectivity index (χ4n) is 3.34. The quantitative estimate of drug-likeness (QED) is 0.765. The van der Waals surface area contributed by atoms with Crippen molar-refractivity contribution in [2.75, 3.05) is 20.6 Å². The summed E-state index contributed by atoms with van der Waals surface area (Å²) in [7, 11) is 4.51. The summed E-state index contributed by atoms with van der Waals surface area (Å²) in [6.07, 6.45) is 8.27. The summed E-state index contributed by atoms with van der Waals surface area (Å²) in [4.78, 5) is 10.3. The van der Waals surface area contributed by atoms with E-state index in [9.17, 15) is 15.0 Å². The highest BCUT2D eigenvalue weighted by Crippen LogP contribution is 2.25. The molecule has 0 aromatic rings. The maximum atomic E-state index is 10.3. The third-order valence-corrected chi connectivity index (χ3v) is 4.73. The zero-order valence-corrected chi connectivity index (χ0v) is 15.5. The molecule has 1 saturated carbocycles. The Kier molecular flexibility index (Phi) is 9.25. The number of carbonyl (C=O) groups is 1. The molecule has 1 rings (SSSR count). The van der Waals surface area contributed by atoms with Crippen LogP contribution in [0.3, 0.4) is 0 Å². The Labute approximate surface area is 137 Å². The van der Waals surface area contributed by atoms with Crippen molar-refractivity contribution < 1.29 is 19.5 Å². The van der Waals surface area contributed by atoms with Crippen molar-refractivity contribution in [3.63, 3.8) is 0 Å². The van der Waals surface area contributed by atoms with Gasteiger partial charge in [-0.15, -0.1) is 0 Å². The maximum absolute atomic E-state index is 10.3. The normalized spacial score (nSPS) is 18.3. The summed E-state index contributed by atoms with van der Waals surface area (Å²) in [6, 6.07) is 0.781.